The first-order valence-corrected chi connectivity index (χ1v) is 8.11. The lowest BCUT2D eigenvalue weighted by atomic mass is 9.97. The lowest BCUT2D eigenvalue weighted by Crippen LogP contribution is -2.54. The Balaban J connectivity index is 1.60. The second-order valence-electron chi connectivity index (χ2n) is 5.65. The van der Waals surface area contributed by atoms with E-state index < -0.39 is 23.5 Å². The standard InChI is InChI=1S/C17H12Cl2F2N2O2/c18-11-2-3-12(19)15(6-11)22-16(24)10-7-23(8-10)17(25)9-1-4-13(20)14(21)5-9/h1-6,10H,7-8H2,(H,22,24). The molecule has 1 aliphatic heterocycles. The Morgan fingerprint density at radius 3 is 2.44 bits per heavy atom. The molecule has 0 saturated carbocycles. The van der Waals surface area contributed by atoms with Crippen LogP contribution in [0.2, 0.25) is 10.0 Å². The minimum atomic E-state index is -1.09. The van der Waals surface area contributed by atoms with Gasteiger partial charge in [0.15, 0.2) is 11.6 Å². The van der Waals surface area contributed by atoms with Gasteiger partial charge in [0.05, 0.1) is 16.6 Å². The van der Waals surface area contributed by atoms with E-state index in [2.05, 4.69) is 5.32 Å². The lowest BCUT2D eigenvalue weighted by molar-refractivity contribution is -0.123. The molecule has 0 radical (unpaired) electrons. The fourth-order valence-electron chi connectivity index (χ4n) is 2.45. The molecule has 25 heavy (non-hydrogen) atoms. The summed E-state index contributed by atoms with van der Waals surface area (Å²) in [5.74, 6) is -3.27. The summed E-state index contributed by atoms with van der Waals surface area (Å²) in [6, 6.07) is 7.65. The fourth-order valence-corrected chi connectivity index (χ4v) is 2.79. The summed E-state index contributed by atoms with van der Waals surface area (Å²) >= 11 is 11.9. The van der Waals surface area contributed by atoms with Crippen molar-refractivity contribution < 1.29 is 18.4 Å². The number of hydrogen-bond acceptors (Lipinski definition) is 2. The minimum Gasteiger partial charge on any atom is -0.337 e. The Kier molecular flexibility index (Phi) is 4.92. The zero-order valence-corrected chi connectivity index (χ0v) is 14.2. The number of nitrogens with zero attached hydrogens (tertiary/aromatic N) is 1. The molecule has 8 heteroatoms. The summed E-state index contributed by atoms with van der Waals surface area (Å²) < 4.78 is 26.1. The first-order chi connectivity index (χ1) is 11.8. The second kappa shape index (κ2) is 6.98. The van der Waals surface area contributed by atoms with Crippen LogP contribution in [0.4, 0.5) is 14.5 Å². The number of likely N-dealkylation sites (tertiary alicyclic amines) is 1. The lowest BCUT2D eigenvalue weighted by Gasteiger charge is -2.38. The third-order valence-electron chi connectivity index (χ3n) is 3.89. The van der Waals surface area contributed by atoms with Crippen molar-refractivity contribution in [1.29, 1.82) is 0 Å². The number of halogens is 4. The van der Waals surface area contributed by atoms with Gasteiger partial charge in [-0.2, -0.15) is 0 Å². The van der Waals surface area contributed by atoms with Gasteiger partial charge in [-0.25, -0.2) is 8.78 Å². The summed E-state index contributed by atoms with van der Waals surface area (Å²) in [5, 5.41) is 3.45. The summed E-state index contributed by atoms with van der Waals surface area (Å²) in [4.78, 5) is 25.8. The number of amides is 2. The van der Waals surface area contributed by atoms with E-state index in [1.807, 2.05) is 0 Å². The van der Waals surface area contributed by atoms with Gasteiger partial charge in [-0.15, -0.1) is 0 Å². The van der Waals surface area contributed by atoms with Gasteiger partial charge in [0.2, 0.25) is 5.91 Å². The molecule has 2 amide bonds. The van der Waals surface area contributed by atoms with E-state index in [-0.39, 0.29) is 24.6 Å². The van der Waals surface area contributed by atoms with Gasteiger partial charge in [0.25, 0.3) is 5.91 Å². The SMILES string of the molecule is O=C(Nc1cc(Cl)ccc1Cl)C1CN(C(=O)c2ccc(F)c(F)c2)C1. The smallest absolute Gasteiger partial charge is 0.254 e. The molecule has 1 N–H and O–H groups in total. The van der Waals surface area contributed by atoms with Gasteiger partial charge in [-0.05, 0) is 36.4 Å². The molecular weight excluding hydrogens is 373 g/mol. The van der Waals surface area contributed by atoms with Crippen molar-refractivity contribution in [2.24, 2.45) is 5.92 Å². The van der Waals surface area contributed by atoms with Crippen LogP contribution in [0.3, 0.4) is 0 Å². The molecule has 2 aromatic rings. The molecule has 3 rings (SSSR count). The molecule has 0 bridgehead atoms. The normalized spacial score (nSPS) is 14.2. The Morgan fingerprint density at radius 2 is 1.76 bits per heavy atom. The van der Waals surface area contributed by atoms with Crippen LogP contribution in [0, 0.1) is 17.6 Å². The van der Waals surface area contributed by atoms with Crippen LogP contribution in [0.15, 0.2) is 36.4 Å². The van der Waals surface area contributed by atoms with Gasteiger partial charge in [-0.3, -0.25) is 9.59 Å². The molecule has 1 aliphatic rings. The summed E-state index contributed by atoms with van der Waals surface area (Å²) in [6.45, 7) is 0.365. The van der Waals surface area contributed by atoms with Crippen molar-refractivity contribution in [3.8, 4) is 0 Å². The van der Waals surface area contributed by atoms with Gasteiger partial charge in [0, 0.05) is 23.7 Å². The molecule has 0 atom stereocenters. The first-order valence-electron chi connectivity index (χ1n) is 7.35. The molecular formula is C17H12Cl2F2N2O2. The van der Waals surface area contributed by atoms with Gasteiger partial charge in [0.1, 0.15) is 0 Å². The molecule has 0 spiro atoms. The largest absolute Gasteiger partial charge is 0.337 e. The highest BCUT2D eigenvalue weighted by Gasteiger charge is 2.36. The van der Waals surface area contributed by atoms with Crippen LogP contribution >= 0.6 is 23.2 Å². The van der Waals surface area contributed by atoms with Crippen LogP contribution < -0.4 is 5.32 Å². The quantitative estimate of drug-likeness (QED) is 0.869. The number of benzene rings is 2. The van der Waals surface area contributed by atoms with Crippen LogP contribution in [0.5, 0.6) is 0 Å². The van der Waals surface area contributed by atoms with Crippen LogP contribution in [-0.2, 0) is 4.79 Å². The number of carbonyl (C=O) groups is 2. The zero-order chi connectivity index (χ0) is 18.1. The van der Waals surface area contributed by atoms with Crippen LogP contribution in [0.1, 0.15) is 10.4 Å². The molecule has 4 nitrogen and oxygen atoms in total. The van der Waals surface area contributed by atoms with E-state index in [9.17, 15) is 18.4 Å². The molecule has 2 aromatic carbocycles. The van der Waals surface area contributed by atoms with E-state index in [1.165, 1.54) is 17.0 Å². The van der Waals surface area contributed by atoms with Crippen molar-refractivity contribution >= 4 is 40.7 Å². The highest BCUT2D eigenvalue weighted by Crippen LogP contribution is 2.27. The summed E-state index contributed by atoms with van der Waals surface area (Å²) in [5.41, 5.74) is 0.431. The van der Waals surface area contributed by atoms with Gasteiger partial charge < -0.3 is 10.2 Å². The molecule has 1 heterocycles. The average Bonchev–Trinajstić information content (AvgIpc) is 2.52. The van der Waals surface area contributed by atoms with Gasteiger partial charge >= 0.3 is 0 Å². The highest BCUT2D eigenvalue weighted by atomic mass is 35.5. The van der Waals surface area contributed by atoms with Crippen molar-refractivity contribution in [3.05, 3.63) is 63.6 Å². The van der Waals surface area contributed by atoms with Crippen LogP contribution in [-0.4, -0.2) is 29.8 Å². The fraction of sp³-hybridized carbons (Fsp3) is 0.176. The van der Waals surface area contributed by atoms with Crippen molar-refractivity contribution in [3.63, 3.8) is 0 Å². The van der Waals surface area contributed by atoms with E-state index in [0.29, 0.717) is 15.7 Å². The van der Waals surface area contributed by atoms with Gasteiger partial charge in [-0.1, -0.05) is 23.2 Å². The van der Waals surface area contributed by atoms with E-state index >= 15 is 0 Å². The molecule has 0 unspecified atom stereocenters. The highest BCUT2D eigenvalue weighted by molar-refractivity contribution is 6.35. The number of anilines is 1. The Bertz CT molecular complexity index is 855. The maximum Gasteiger partial charge on any atom is 0.254 e. The molecule has 0 aliphatic carbocycles. The third kappa shape index (κ3) is 3.75. The minimum absolute atomic E-state index is 0.0376. The predicted molar refractivity (Wildman–Crippen MR) is 90.8 cm³/mol. The predicted octanol–water partition coefficient (Wildman–Crippen LogP) is 3.98. The number of hydrogen-bond donors (Lipinski definition) is 1. The Morgan fingerprint density at radius 1 is 1.04 bits per heavy atom. The second-order valence-corrected chi connectivity index (χ2v) is 6.49. The summed E-state index contributed by atoms with van der Waals surface area (Å²) in [7, 11) is 0. The van der Waals surface area contributed by atoms with E-state index in [1.54, 1.807) is 12.1 Å². The van der Waals surface area contributed by atoms with Crippen molar-refractivity contribution in [2.45, 2.75) is 0 Å². The maximum absolute atomic E-state index is 13.2. The molecule has 1 fully saturated rings. The molecule has 1 saturated heterocycles. The number of carbonyl (C=O) groups excluding carboxylic acids is 2. The van der Waals surface area contributed by atoms with E-state index in [0.717, 1.165) is 12.1 Å². The number of rotatable bonds is 3. The van der Waals surface area contributed by atoms with Crippen molar-refractivity contribution in [1.82, 2.24) is 4.90 Å². The molecule has 0 aromatic heterocycles. The first kappa shape index (κ1) is 17.6. The van der Waals surface area contributed by atoms with E-state index in [4.69, 9.17) is 23.2 Å². The Labute approximate surface area is 152 Å². The van der Waals surface area contributed by atoms with Crippen LogP contribution in [0.25, 0.3) is 0 Å². The zero-order valence-electron chi connectivity index (χ0n) is 12.7. The Hall–Kier alpha value is -2.18. The molecule has 130 valence electrons. The van der Waals surface area contributed by atoms with Crippen molar-refractivity contribution in [2.75, 3.05) is 18.4 Å². The number of nitrogens with one attached hydrogen (secondary N) is 1. The summed E-state index contributed by atoms with van der Waals surface area (Å²) in [6.07, 6.45) is 0. The average molecular weight is 385 g/mol. The third-order valence-corrected chi connectivity index (χ3v) is 4.46. The monoisotopic (exact) mass is 384 g/mol. The maximum atomic E-state index is 13.2. The topological polar surface area (TPSA) is 49.4 Å².